The number of anilines is 2. The first kappa shape index (κ1) is 22.3. The summed E-state index contributed by atoms with van der Waals surface area (Å²) in [5.74, 6) is 0.452. The molecule has 0 bridgehead atoms. The molecule has 2 fully saturated rings. The van der Waals surface area contributed by atoms with Crippen LogP contribution in [0.3, 0.4) is 0 Å². The minimum atomic E-state index is -0.930. The lowest BCUT2D eigenvalue weighted by atomic mass is 9.85. The molecule has 0 aromatic heterocycles. The molecule has 9 nitrogen and oxygen atoms in total. The molecule has 0 unspecified atom stereocenters. The number of nitrogens with one attached hydrogen (secondary N) is 3. The second kappa shape index (κ2) is 9.42. The SMILES string of the molecule is O=C(C[C@H]1C(=O)N[C@H]2CCCC[C@@H]2N1C(=O)Nc1ccc(Cl)cc1)Nc1ccc2c(c1)OCO2. The summed E-state index contributed by atoms with van der Waals surface area (Å²) in [6.45, 7) is 0.134. The molecule has 5 rings (SSSR count). The Kier molecular flexibility index (Phi) is 6.19. The van der Waals surface area contributed by atoms with Crippen molar-refractivity contribution >= 4 is 40.8 Å². The van der Waals surface area contributed by atoms with E-state index < -0.39 is 12.1 Å². The van der Waals surface area contributed by atoms with Crippen LogP contribution in [0.4, 0.5) is 16.2 Å². The van der Waals surface area contributed by atoms with Gasteiger partial charge in [0, 0.05) is 28.5 Å². The minimum Gasteiger partial charge on any atom is -0.454 e. The van der Waals surface area contributed by atoms with E-state index >= 15 is 0 Å². The van der Waals surface area contributed by atoms with E-state index in [4.69, 9.17) is 21.1 Å². The Bertz CT molecular complexity index is 1110. The quantitative estimate of drug-likeness (QED) is 0.612. The van der Waals surface area contributed by atoms with Crippen molar-refractivity contribution in [3.63, 3.8) is 0 Å². The smallest absolute Gasteiger partial charge is 0.322 e. The predicted octanol–water partition coefficient (Wildman–Crippen LogP) is 3.74. The number of nitrogens with zero attached hydrogens (tertiary/aromatic N) is 1. The fourth-order valence-corrected chi connectivity index (χ4v) is 4.94. The zero-order chi connectivity index (χ0) is 23.7. The summed E-state index contributed by atoms with van der Waals surface area (Å²) < 4.78 is 10.6. The Morgan fingerprint density at radius 1 is 1.00 bits per heavy atom. The molecule has 10 heteroatoms. The first-order chi connectivity index (χ1) is 16.5. The van der Waals surface area contributed by atoms with Crippen molar-refractivity contribution in [3.8, 4) is 11.5 Å². The topological polar surface area (TPSA) is 109 Å². The number of hydrogen-bond donors (Lipinski definition) is 3. The van der Waals surface area contributed by atoms with Crippen LogP contribution in [0.15, 0.2) is 42.5 Å². The number of rotatable bonds is 4. The first-order valence-corrected chi connectivity index (χ1v) is 11.7. The summed E-state index contributed by atoms with van der Waals surface area (Å²) in [5, 5.41) is 9.25. The third-order valence-corrected chi connectivity index (χ3v) is 6.67. The molecule has 2 aromatic rings. The molecule has 178 valence electrons. The van der Waals surface area contributed by atoms with Gasteiger partial charge in [0.05, 0.1) is 12.5 Å². The first-order valence-electron chi connectivity index (χ1n) is 11.3. The van der Waals surface area contributed by atoms with Gasteiger partial charge in [0.1, 0.15) is 6.04 Å². The Morgan fingerprint density at radius 2 is 1.74 bits per heavy atom. The van der Waals surface area contributed by atoms with Crippen molar-refractivity contribution in [2.45, 2.75) is 50.2 Å². The molecule has 3 N–H and O–H groups in total. The van der Waals surface area contributed by atoms with Crippen LogP contribution in [0, 0.1) is 0 Å². The van der Waals surface area contributed by atoms with Gasteiger partial charge in [-0.05, 0) is 49.2 Å². The molecule has 1 aliphatic carbocycles. The molecule has 2 heterocycles. The number of amides is 4. The molecular weight excluding hydrogens is 460 g/mol. The lowest BCUT2D eigenvalue weighted by molar-refractivity contribution is -0.135. The van der Waals surface area contributed by atoms with Crippen LogP contribution < -0.4 is 25.4 Å². The largest absolute Gasteiger partial charge is 0.454 e. The van der Waals surface area contributed by atoms with Crippen LogP contribution in [0.1, 0.15) is 32.1 Å². The fourth-order valence-electron chi connectivity index (χ4n) is 4.82. The molecule has 3 aliphatic rings. The van der Waals surface area contributed by atoms with Gasteiger partial charge in [-0.3, -0.25) is 9.59 Å². The van der Waals surface area contributed by atoms with Crippen LogP contribution in [-0.2, 0) is 9.59 Å². The summed E-state index contributed by atoms with van der Waals surface area (Å²) in [4.78, 5) is 40.9. The van der Waals surface area contributed by atoms with Gasteiger partial charge in [-0.25, -0.2) is 4.79 Å². The zero-order valence-corrected chi connectivity index (χ0v) is 19.1. The highest BCUT2D eigenvalue weighted by atomic mass is 35.5. The van der Waals surface area contributed by atoms with E-state index in [1.807, 2.05) is 0 Å². The maximum atomic E-state index is 13.4. The maximum absolute atomic E-state index is 13.4. The number of carbonyl (C=O) groups is 3. The summed E-state index contributed by atoms with van der Waals surface area (Å²) in [5.41, 5.74) is 1.09. The zero-order valence-electron chi connectivity index (χ0n) is 18.4. The van der Waals surface area contributed by atoms with E-state index in [-0.39, 0.29) is 37.1 Å². The lowest BCUT2D eigenvalue weighted by Crippen LogP contribution is -2.68. The van der Waals surface area contributed by atoms with Crippen molar-refractivity contribution < 1.29 is 23.9 Å². The average molecular weight is 485 g/mol. The van der Waals surface area contributed by atoms with E-state index in [0.29, 0.717) is 27.9 Å². The van der Waals surface area contributed by atoms with Crippen LogP contribution >= 0.6 is 11.6 Å². The standard InChI is InChI=1S/C24H25ClN4O5/c25-14-5-7-15(8-6-14)27-24(32)29-18-4-2-1-3-17(18)28-23(31)19(29)12-22(30)26-16-9-10-20-21(11-16)34-13-33-20/h5-11,17-19H,1-4,12-13H2,(H,26,30)(H,27,32)(H,28,31)/t17-,18-,19-/m0/s1. The molecule has 2 aromatic carbocycles. The number of carbonyl (C=O) groups excluding carboxylic acids is 3. The van der Waals surface area contributed by atoms with Crippen LogP contribution in [-0.4, -0.2) is 47.7 Å². The average Bonchev–Trinajstić information content (AvgIpc) is 3.29. The normalized spacial score (nSPS) is 23.0. The number of fused-ring (bicyclic) bond motifs is 2. The monoisotopic (exact) mass is 484 g/mol. The molecule has 0 radical (unpaired) electrons. The van der Waals surface area contributed by atoms with E-state index in [0.717, 1.165) is 25.7 Å². The molecule has 3 atom stereocenters. The number of urea groups is 1. The Morgan fingerprint density at radius 3 is 2.56 bits per heavy atom. The molecule has 1 saturated heterocycles. The Labute approximate surface area is 201 Å². The van der Waals surface area contributed by atoms with E-state index in [9.17, 15) is 14.4 Å². The number of piperazine rings is 1. The molecule has 34 heavy (non-hydrogen) atoms. The van der Waals surface area contributed by atoms with Crippen molar-refractivity contribution in [1.82, 2.24) is 10.2 Å². The maximum Gasteiger partial charge on any atom is 0.322 e. The van der Waals surface area contributed by atoms with Crippen molar-refractivity contribution in [3.05, 3.63) is 47.5 Å². The Hall–Kier alpha value is -3.46. The number of benzene rings is 2. The fraction of sp³-hybridized carbons (Fsp3) is 0.375. The number of halogens is 1. The van der Waals surface area contributed by atoms with Gasteiger partial charge >= 0.3 is 6.03 Å². The highest BCUT2D eigenvalue weighted by Crippen LogP contribution is 2.35. The number of hydrogen-bond acceptors (Lipinski definition) is 5. The van der Waals surface area contributed by atoms with Gasteiger partial charge in [-0.2, -0.15) is 0 Å². The van der Waals surface area contributed by atoms with Gasteiger partial charge in [-0.15, -0.1) is 0 Å². The predicted molar refractivity (Wildman–Crippen MR) is 126 cm³/mol. The van der Waals surface area contributed by atoms with Crippen molar-refractivity contribution in [2.75, 3.05) is 17.4 Å². The summed E-state index contributed by atoms with van der Waals surface area (Å²) in [6, 6.07) is 10.2. The summed E-state index contributed by atoms with van der Waals surface area (Å²) in [6.07, 6.45) is 3.34. The molecule has 4 amide bonds. The highest BCUT2D eigenvalue weighted by molar-refractivity contribution is 6.30. The van der Waals surface area contributed by atoms with Crippen molar-refractivity contribution in [2.24, 2.45) is 0 Å². The van der Waals surface area contributed by atoms with E-state index in [1.165, 1.54) is 0 Å². The van der Waals surface area contributed by atoms with Gasteiger partial charge in [-0.1, -0.05) is 24.4 Å². The number of ether oxygens (including phenoxy) is 2. The molecular formula is C24H25ClN4O5. The minimum absolute atomic E-state index is 0.120. The van der Waals surface area contributed by atoms with Crippen LogP contribution in [0.25, 0.3) is 0 Å². The van der Waals surface area contributed by atoms with Crippen LogP contribution in [0.5, 0.6) is 11.5 Å². The summed E-state index contributed by atoms with van der Waals surface area (Å²) >= 11 is 5.95. The Balaban J connectivity index is 1.34. The molecule has 2 aliphatic heterocycles. The highest BCUT2D eigenvalue weighted by Gasteiger charge is 2.46. The van der Waals surface area contributed by atoms with Gasteiger partial charge in [0.25, 0.3) is 0 Å². The second-order valence-electron chi connectivity index (χ2n) is 8.65. The third kappa shape index (κ3) is 4.61. The third-order valence-electron chi connectivity index (χ3n) is 6.42. The van der Waals surface area contributed by atoms with Crippen LogP contribution in [0.2, 0.25) is 5.02 Å². The van der Waals surface area contributed by atoms with Gasteiger partial charge in [0.15, 0.2) is 11.5 Å². The van der Waals surface area contributed by atoms with Crippen molar-refractivity contribution in [1.29, 1.82) is 0 Å². The summed E-state index contributed by atoms with van der Waals surface area (Å²) in [7, 11) is 0. The van der Waals surface area contributed by atoms with E-state index in [2.05, 4.69) is 16.0 Å². The van der Waals surface area contributed by atoms with E-state index in [1.54, 1.807) is 47.4 Å². The van der Waals surface area contributed by atoms with Gasteiger partial charge in [0.2, 0.25) is 18.6 Å². The lowest BCUT2D eigenvalue weighted by Gasteiger charge is -2.47. The second-order valence-corrected chi connectivity index (χ2v) is 9.08. The molecule has 0 spiro atoms. The van der Waals surface area contributed by atoms with Gasteiger partial charge < -0.3 is 30.3 Å². The molecule has 1 saturated carbocycles.